The summed E-state index contributed by atoms with van der Waals surface area (Å²) >= 11 is 6.06. The minimum absolute atomic E-state index is 0.130. The highest BCUT2D eigenvalue weighted by Gasteiger charge is 2.07. The van der Waals surface area contributed by atoms with Gasteiger partial charge in [-0.25, -0.2) is 0 Å². The molecule has 3 nitrogen and oxygen atoms in total. The van der Waals surface area contributed by atoms with Gasteiger partial charge in [0.05, 0.1) is 5.69 Å². The topological polar surface area (TPSA) is 45.0 Å². The third-order valence-electron chi connectivity index (χ3n) is 3.69. The van der Waals surface area contributed by atoms with Crippen molar-refractivity contribution in [3.05, 3.63) is 52.5 Å². The van der Waals surface area contributed by atoms with Crippen LogP contribution in [0, 0.1) is 6.92 Å². The first kappa shape index (κ1) is 15.5. The largest absolute Gasteiger partial charge is 0.506 e. The fourth-order valence-electron chi connectivity index (χ4n) is 1.97. The van der Waals surface area contributed by atoms with Crippen LogP contribution in [0.25, 0.3) is 0 Å². The Labute approximate surface area is 130 Å². The average molecular weight is 303 g/mol. The third kappa shape index (κ3) is 3.61. The van der Waals surface area contributed by atoms with Gasteiger partial charge in [0, 0.05) is 5.02 Å². The van der Waals surface area contributed by atoms with Crippen molar-refractivity contribution < 1.29 is 5.11 Å². The molecule has 4 heteroatoms. The van der Waals surface area contributed by atoms with Crippen LogP contribution in [0.2, 0.25) is 5.02 Å². The zero-order valence-electron chi connectivity index (χ0n) is 12.5. The molecule has 0 amide bonds. The standard InChI is InChI=1S/C17H19ClN2O/c1-4-11(2)13-8-9-17(21)16(10-13)20-19-15-7-5-6-14(18)12(15)3/h5-11,21H,4H2,1-3H3. The molecule has 1 atom stereocenters. The SMILES string of the molecule is CCC(C)c1ccc(O)c(N=Nc2cccc(Cl)c2C)c1. The van der Waals surface area contributed by atoms with E-state index in [9.17, 15) is 5.11 Å². The molecule has 0 aliphatic heterocycles. The Balaban J connectivity index is 2.34. The summed E-state index contributed by atoms with van der Waals surface area (Å²) in [6.45, 7) is 6.18. The van der Waals surface area contributed by atoms with Gasteiger partial charge in [-0.3, -0.25) is 0 Å². The fraction of sp³-hybridized carbons (Fsp3) is 0.294. The van der Waals surface area contributed by atoms with Crippen molar-refractivity contribution in [2.75, 3.05) is 0 Å². The summed E-state index contributed by atoms with van der Waals surface area (Å²) in [7, 11) is 0. The molecule has 0 fully saturated rings. The van der Waals surface area contributed by atoms with E-state index in [0.717, 1.165) is 17.5 Å². The molecule has 2 rings (SSSR count). The first-order valence-electron chi connectivity index (χ1n) is 7.02. The van der Waals surface area contributed by atoms with Crippen LogP contribution in [0.3, 0.4) is 0 Å². The molecule has 2 aromatic rings. The predicted molar refractivity (Wildman–Crippen MR) is 87.2 cm³/mol. The first-order chi connectivity index (χ1) is 10.0. The zero-order valence-corrected chi connectivity index (χ0v) is 13.2. The third-order valence-corrected chi connectivity index (χ3v) is 4.09. The number of hydrogen-bond acceptors (Lipinski definition) is 3. The fourth-order valence-corrected chi connectivity index (χ4v) is 2.14. The number of phenolic OH excluding ortho intramolecular Hbond substituents is 1. The number of rotatable bonds is 4. The van der Waals surface area contributed by atoms with E-state index in [1.54, 1.807) is 6.07 Å². The monoisotopic (exact) mass is 302 g/mol. The average Bonchev–Trinajstić information content (AvgIpc) is 2.49. The molecule has 1 unspecified atom stereocenters. The lowest BCUT2D eigenvalue weighted by Gasteiger charge is -2.10. The van der Waals surface area contributed by atoms with Crippen LogP contribution in [0.15, 0.2) is 46.6 Å². The van der Waals surface area contributed by atoms with Crippen molar-refractivity contribution >= 4 is 23.0 Å². The van der Waals surface area contributed by atoms with Gasteiger partial charge >= 0.3 is 0 Å². The molecule has 0 aliphatic rings. The summed E-state index contributed by atoms with van der Waals surface area (Å²) in [6, 6.07) is 11.0. The molecule has 0 heterocycles. The lowest BCUT2D eigenvalue weighted by atomic mass is 9.98. The molecule has 110 valence electrons. The zero-order chi connectivity index (χ0) is 15.4. The van der Waals surface area contributed by atoms with E-state index in [1.807, 2.05) is 37.3 Å². The predicted octanol–water partition coefficient (Wildman–Crippen LogP) is 6.28. The maximum atomic E-state index is 9.91. The van der Waals surface area contributed by atoms with Crippen LogP contribution in [0.1, 0.15) is 37.3 Å². The maximum Gasteiger partial charge on any atom is 0.143 e. The smallest absolute Gasteiger partial charge is 0.143 e. The van der Waals surface area contributed by atoms with Gasteiger partial charge in [0.2, 0.25) is 0 Å². The molecule has 0 spiro atoms. The molecule has 2 aromatic carbocycles. The van der Waals surface area contributed by atoms with Gasteiger partial charge < -0.3 is 5.11 Å². The van der Waals surface area contributed by atoms with Crippen molar-refractivity contribution in [2.24, 2.45) is 10.2 Å². The second kappa shape index (κ2) is 6.72. The van der Waals surface area contributed by atoms with Gasteiger partial charge in [0.1, 0.15) is 11.4 Å². The van der Waals surface area contributed by atoms with E-state index in [-0.39, 0.29) is 5.75 Å². The van der Waals surface area contributed by atoms with Crippen molar-refractivity contribution in [3.8, 4) is 5.75 Å². The van der Waals surface area contributed by atoms with E-state index >= 15 is 0 Å². The molecule has 21 heavy (non-hydrogen) atoms. The number of aromatic hydroxyl groups is 1. The van der Waals surface area contributed by atoms with Crippen molar-refractivity contribution in [1.82, 2.24) is 0 Å². The second-order valence-corrected chi connectivity index (χ2v) is 5.55. The molecule has 0 aromatic heterocycles. The maximum absolute atomic E-state index is 9.91. The Morgan fingerprint density at radius 2 is 1.86 bits per heavy atom. The normalized spacial score (nSPS) is 12.8. The van der Waals surface area contributed by atoms with Crippen molar-refractivity contribution in [3.63, 3.8) is 0 Å². The quantitative estimate of drug-likeness (QED) is 0.663. The highest BCUT2D eigenvalue weighted by atomic mass is 35.5. The minimum atomic E-state index is 0.130. The number of hydrogen-bond donors (Lipinski definition) is 1. The van der Waals surface area contributed by atoms with Crippen LogP contribution >= 0.6 is 11.6 Å². The lowest BCUT2D eigenvalue weighted by molar-refractivity contribution is 0.476. The van der Waals surface area contributed by atoms with Crippen LogP contribution in [-0.2, 0) is 0 Å². The highest BCUT2D eigenvalue weighted by Crippen LogP contribution is 2.33. The summed E-state index contributed by atoms with van der Waals surface area (Å²) in [5.41, 5.74) is 3.20. The number of phenols is 1. The van der Waals surface area contributed by atoms with E-state index in [0.29, 0.717) is 22.3 Å². The molecule has 1 N–H and O–H groups in total. The Bertz CT molecular complexity index is 668. The summed E-state index contributed by atoms with van der Waals surface area (Å²) in [5, 5.41) is 18.9. The van der Waals surface area contributed by atoms with E-state index in [2.05, 4.69) is 24.1 Å². The summed E-state index contributed by atoms with van der Waals surface area (Å²) in [5.74, 6) is 0.554. The number of benzene rings is 2. The molecule has 0 saturated heterocycles. The Hall–Kier alpha value is -1.87. The second-order valence-electron chi connectivity index (χ2n) is 5.14. The lowest BCUT2D eigenvalue weighted by Crippen LogP contribution is -1.90. The number of nitrogens with zero attached hydrogens (tertiary/aromatic N) is 2. The summed E-state index contributed by atoms with van der Waals surface area (Å²) < 4.78 is 0. The van der Waals surface area contributed by atoms with Gasteiger partial charge in [-0.1, -0.05) is 37.6 Å². The van der Waals surface area contributed by atoms with Crippen molar-refractivity contribution in [2.45, 2.75) is 33.1 Å². The van der Waals surface area contributed by atoms with E-state index < -0.39 is 0 Å². The molecule has 0 aliphatic carbocycles. The Kier molecular flexibility index (Phi) is 4.97. The van der Waals surface area contributed by atoms with Crippen molar-refractivity contribution in [1.29, 1.82) is 0 Å². The highest BCUT2D eigenvalue weighted by molar-refractivity contribution is 6.31. The molecule has 0 saturated carbocycles. The molecule has 0 radical (unpaired) electrons. The molecular formula is C17H19ClN2O. The van der Waals surface area contributed by atoms with E-state index in [1.165, 1.54) is 0 Å². The summed E-state index contributed by atoms with van der Waals surface area (Å²) in [6.07, 6.45) is 1.04. The minimum Gasteiger partial charge on any atom is -0.506 e. The van der Waals surface area contributed by atoms with Crippen LogP contribution in [-0.4, -0.2) is 5.11 Å². The van der Waals surface area contributed by atoms with Gasteiger partial charge in [-0.15, -0.1) is 5.11 Å². The van der Waals surface area contributed by atoms with Gasteiger partial charge in [0.15, 0.2) is 0 Å². The summed E-state index contributed by atoms with van der Waals surface area (Å²) in [4.78, 5) is 0. The molecule has 0 bridgehead atoms. The number of halogens is 1. The molecular weight excluding hydrogens is 284 g/mol. The first-order valence-corrected chi connectivity index (χ1v) is 7.40. The Morgan fingerprint density at radius 1 is 1.14 bits per heavy atom. The van der Waals surface area contributed by atoms with Gasteiger partial charge in [0.25, 0.3) is 0 Å². The van der Waals surface area contributed by atoms with Gasteiger partial charge in [-0.2, -0.15) is 5.11 Å². The van der Waals surface area contributed by atoms with Crippen LogP contribution in [0.4, 0.5) is 11.4 Å². The Morgan fingerprint density at radius 3 is 2.57 bits per heavy atom. The van der Waals surface area contributed by atoms with Gasteiger partial charge in [-0.05, 0) is 54.7 Å². The number of azo groups is 1. The van der Waals surface area contributed by atoms with Crippen LogP contribution < -0.4 is 0 Å². The van der Waals surface area contributed by atoms with Crippen LogP contribution in [0.5, 0.6) is 5.75 Å². The van der Waals surface area contributed by atoms with E-state index in [4.69, 9.17) is 11.6 Å².